The molecule has 0 saturated carbocycles. The Kier molecular flexibility index (Phi) is 2.89. The molecule has 0 saturated heterocycles. The van der Waals surface area contributed by atoms with Crippen LogP contribution in [0.25, 0.3) is 0 Å². The molecule has 1 aromatic rings. The van der Waals surface area contributed by atoms with Crippen molar-refractivity contribution in [3.8, 4) is 0 Å². The van der Waals surface area contributed by atoms with Gasteiger partial charge in [0.25, 0.3) is 0 Å². The molecular formula is C9H15NO2. The van der Waals surface area contributed by atoms with Crippen molar-refractivity contribution in [2.24, 2.45) is 11.7 Å². The Morgan fingerprint density at radius 1 is 1.50 bits per heavy atom. The predicted molar refractivity (Wildman–Crippen MR) is 46.5 cm³/mol. The summed E-state index contributed by atoms with van der Waals surface area (Å²) in [6.07, 6.45) is 2.43. The fourth-order valence-electron chi connectivity index (χ4n) is 1.03. The van der Waals surface area contributed by atoms with Crippen molar-refractivity contribution in [3.05, 3.63) is 24.2 Å². The van der Waals surface area contributed by atoms with Crippen molar-refractivity contribution in [1.29, 1.82) is 0 Å². The number of aliphatic hydroxyl groups is 1. The first kappa shape index (κ1) is 9.29. The third-order valence-corrected chi connectivity index (χ3v) is 2.02. The van der Waals surface area contributed by atoms with Crippen LogP contribution in [-0.4, -0.2) is 11.1 Å². The van der Waals surface area contributed by atoms with Crippen LogP contribution in [-0.2, 0) is 0 Å². The van der Waals surface area contributed by atoms with Gasteiger partial charge in [-0.25, -0.2) is 0 Å². The molecule has 1 heterocycles. The van der Waals surface area contributed by atoms with Gasteiger partial charge in [0.2, 0.25) is 0 Å². The standard InChI is InChI=1S/C9H15NO2/c1-6(2)8(10)9(11)7-3-4-12-5-7/h3-6,8-9,11H,10H2,1-2H3. The normalized spacial score (nSPS) is 16.4. The van der Waals surface area contributed by atoms with Crippen LogP contribution in [0.4, 0.5) is 0 Å². The Hall–Kier alpha value is -0.800. The fourth-order valence-corrected chi connectivity index (χ4v) is 1.03. The van der Waals surface area contributed by atoms with Crippen molar-refractivity contribution in [1.82, 2.24) is 0 Å². The zero-order chi connectivity index (χ0) is 9.14. The molecule has 2 unspecified atom stereocenters. The second kappa shape index (κ2) is 3.74. The van der Waals surface area contributed by atoms with Crippen LogP contribution in [0.15, 0.2) is 23.0 Å². The Labute approximate surface area is 72.2 Å². The van der Waals surface area contributed by atoms with E-state index in [1.807, 2.05) is 13.8 Å². The van der Waals surface area contributed by atoms with Gasteiger partial charge in [-0.2, -0.15) is 0 Å². The monoisotopic (exact) mass is 169 g/mol. The van der Waals surface area contributed by atoms with E-state index < -0.39 is 6.10 Å². The minimum Gasteiger partial charge on any atom is -0.472 e. The summed E-state index contributed by atoms with van der Waals surface area (Å²) in [5.41, 5.74) is 6.51. The average Bonchev–Trinajstić information content (AvgIpc) is 2.53. The van der Waals surface area contributed by atoms with Crippen LogP contribution in [0, 0.1) is 5.92 Å². The smallest absolute Gasteiger partial charge is 0.0974 e. The summed E-state index contributed by atoms with van der Waals surface area (Å²) in [5.74, 6) is 0.259. The zero-order valence-electron chi connectivity index (χ0n) is 7.40. The highest BCUT2D eigenvalue weighted by molar-refractivity contribution is 5.11. The van der Waals surface area contributed by atoms with Crippen LogP contribution in [0.2, 0.25) is 0 Å². The van der Waals surface area contributed by atoms with Gasteiger partial charge in [0.15, 0.2) is 0 Å². The molecule has 12 heavy (non-hydrogen) atoms. The number of hydrogen-bond donors (Lipinski definition) is 2. The number of furan rings is 1. The highest BCUT2D eigenvalue weighted by atomic mass is 16.3. The van der Waals surface area contributed by atoms with Gasteiger partial charge in [-0.1, -0.05) is 13.8 Å². The maximum absolute atomic E-state index is 9.66. The Morgan fingerprint density at radius 2 is 2.17 bits per heavy atom. The summed E-state index contributed by atoms with van der Waals surface area (Å²) in [6, 6.07) is 1.50. The summed E-state index contributed by atoms with van der Waals surface area (Å²) in [5, 5.41) is 9.66. The van der Waals surface area contributed by atoms with E-state index in [4.69, 9.17) is 10.2 Å². The second-order valence-electron chi connectivity index (χ2n) is 3.32. The molecule has 0 aliphatic carbocycles. The lowest BCUT2D eigenvalue weighted by molar-refractivity contribution is 0.125. The number of rotatable bonds is 3. The van der Waals surface area contributed by atoms with Crippen LogP contribution in [0.5, 0.6) is 0 Å². The predicted octanol–water partition coefficient (Wildman–Crippen LogP) is 1.30. The lowest BCUT2D eigenvalue weighted by atomic mass is 9.96. The van der Waals surface area contributed by atoms with Gasteiger partial charge in [0.1, 0.15) is 0 Å². The van der Waals surface area contributed by atoms with E-state index in [0.29, 0.717) is 0 Å². The minimum atomic E-state index is -0.622. The van der Waals surface area contributed by atoms with Crippen LogP contribution < -0.4 is 5.73 Å². The molecule has 0 aliphatic rings. The maximum atomic E-state index is 9.66. The molecule has 0 aliphatic heterocycles. The van der Waals surface area contributed by atoms with Gasteiger partial charge in [-0.15, -0.1) is 0 Å². The summed E-state index contributed by atoms with van der Waals surface area (Å²) >= 11 is 0. The third-order valence-electron chi connectivity index (χ3n) is 2.02. The van der Waals surface area contributed by atoms with Crippen LogP contribution in [0.3, 0.4) is 0 Å². The quantitative estimate of drug-likeness (QED) is 0.717. The van der Waals surface area contributed by atoms with E-state index in [9.17, 15) is 5.11 Å². The van der Waals surface area contributed by atoms with Gasteiger partial charge in [0, 0.05) is 11.6 Å². The molecule has 0 amide bonds. The summed E-state index contributed by atoms with van der Waals surface area (Å²) in [4.78, 5) is 0. The lowest BCUT2D eigenvalue weighted by Crippen LogP contribution is -2.33. The Bertz CT molecular complexity index is 218. The lowest BCUT2D eigenvalue weighted by Gasteiger charge is -2.20. The number of hydrogen-bond acceptors (Lipinski definition) is 3. The molecule has 0 aromatic carbocycles. The molecule has 3 N–H and O–H groups in total. The molecule has 3 nitrogen and oxygen atoms in total. The zero-order valence-corrected chi connectivity index (χ0v) is 7.40. The van der Waals surface area contributed by atoms with E-state index in [0.717, 1.165) is 5.56 Å². The summed E-state index contributed by atoms with van der Waals surface area (Å²) < 4.78 is 4.85. The van der Waals surface area contributed by atoms with Crippen molar-refractivity contribution in [2.75, 3.05) is 0 Å². The first-order chi connectivity index (χ1) is 5.63. The van der Waals surface area contributed by atoms with Crippen molar-refractivity contribution in [2.45, 2.75) is 26.0 Å². The SMILES string of the molecule is CC(C)C(N)C(O)c1ccoc1. The topological polar surface area (TPSA) is 59.4 Å². The highest BCUT2D eigenvalue weighted by Gasteiger charge is 2.20. The highest BCUT2D eigenvalue weighted by Crippen LogP contribution is 2.19. The second-order valence-corrected chi connectivity index (χ2v) is 3.32. The minimum absolute atomic E-state index is 0.234. The van der Waals surface area contributed by atoms with Crippen LogP contribution in [0.1, 0.15) is 25.5 Å². The Balaban J connectivity index is 2.65. The van der Waals surface area contributed by atoms with Gasteiger partial charge < -0.3 is 15.3 Å². The maximum Gasteiger partial charge on any atom is 0.0974 e. The molecule has 0 bridgehead atoms. The van der Waals surface area contributed by atoms with E-state index in [1.54, 1.807) is 6.07 Å². The summed E-state index contributed by atoms with van der Waals surface area (Å²) in [6.45, 7) is 3.96. The van der Waals surface area contributed by atoms with E-state index in [2.05, 4.69) is 0 Å². The van der Waals surface area contributed by atoms with Gasteiger partial charge >= 0.3 is 0 Å². The average molecular weight is 169 g/mol. The van der Waals surface area contributed by atoms with Crippen molar-refractivity contribution >= 4 is 0 Å². The first-order valence-corrected chi connectivity index (χ1v) is 4.08. The van der Waals surface area contributed by atoms with E-state index in [1.165, 1.54) is 12.5 Å². The molecule has 3 heteroatoms. The van der Waals surface area contributed by atoms with Gasteiger partial charge in [0.05, 0.1) is 18.6 Å². The first-order valence-electron chi connectivity index (χ1n) is 4.08. The van der Waals surface area contributed by atoms with Crippen molar-refractivity contribution < 1.29 is 9.52 Å². The molecule has 0 radical (unpaired) electrons. The van der Waals surface area contributed by atoms with E-state index in [-0.39, 0.29) is 12.0 Å². The molecule has 1 rings (SSSR count). The molecule has 0 spiro atoms. The molecular weight excluding hydrogens is 154 g/mol. The fraction of sp³-hybridized carbons (Fsp3) is 0.556. The number of aliphatic hydroxyl groups excluding tert-OH is 1. The number of nitrogens with two attached hydrogens (primary N) is 1. The largest absolute Gasteiger partial charge is 0.472 e. The van der Waals surface area contributed by atoms with Crippen LogP contribution >= 0.6 is 0 Å². The molecule has 1 aromatic heterocycles. The molecule has 2 atom stereocenters. The van der Waals surface area contributed by atoms with Gasteiger partial charge in [-0.3, -0.25) is 0 Å². The molecule has 0 fully saturated rings. The van der Waals surface area contributed by atoms with E-state index >= 15 is 0 Å². The summed E-state index contributed by atoms with van der Waals surface area (Å²) in [7, 11) is 0. The van der Waals surface area contributed by atoms with Crippen molar-refractivity contribution in [3.63, 3.8) is 0 Å². The molecule has 68 valence electrons. The Morgan fingerprint density at radius 3 is 2.58 bits per heavy atom. The third kappa shape index (κ3) is 1.87. The van der Waals surface area contributed by atoms with Gasteiger partial charge in [-0.05, 0) is 12.0 Å².